The van der Waals surface area contributed by atoms with Crippen molar-refractivity contribution in [2.24, 2.45) is 17.8 Å². The average molecular weight is 354 g/mol. The third kappa shape index (κ3) is 6.54. The van der Waals surface area contributed by atoms with Crippen LogP contribution in [-0.2, 0) is 9.53 Å². The van der Waals surface area contributed by atoms with Crippen LogP contribution in [0.15, 0.2) is 0 Å². The van der Waals surface area contributed by atoms with Crippen LogP contribution in [0.5, 0.6) is 0 Å². The number of nitrogens with one attached hydrogen (secondary N) is 2. The van der Waals surface area contributed by atoms with Crippen LogP contribution in [0.3, 0.4) is 0 Å². The predicted molar refractivity (Wildman–Crippen MR) is 103 cm³/mol. The van der Waals surface area contributed by atoms with E-state index >= 15 is 0 Å². The van der Waals surface area contributed by atoms with E-state index in [1.807, 2.05) is 0 Å². The number of carbonyl (C=O) groups is 1. The van der Waals surface area contributed by atoms with Crippen LogP contribution in [0.4, 0.5) is 0 Å². The van der Waals surface area contributed by atoms with Gasteiger partial charge in [0.2, 0.25) is 5.91 Å². The predicted octanol–water partition coefficient (Wildman–Crippen LogP) is 2.27. The molecule has 2 heterocycles. The Kier molecular flexibility index (Phi) is 9.21. The lowest BCUT2D eigenvalue weighted by Crippen LogP contribution is -2.52. The van der Waals surface area contributed by atoms with Crippen molar-refractivity contribution in [2.45, 2.75) is 58.9 Å². The van der Waals surface area contributed by atoms with E-state index in [4.69, 9.17) is 4.74 Å². The highest BCUT2D eigenvalue weighted by Crippen LogP contribution is 2.23. The third-order valence-electron chi connectivity index (χ3n) is 6.26. The van der Waals surface area contributed by atoms with Gasteiger partial charge in [-0.25, -0.2) is 0 Å². The minimum atomic E-state index is 0.224. The molecular weight excluding hydrogens is 314 g/mol. The molecule has 2 N–H and O–H groups in total. The SMILES string of the molecule is CCC(CC)C(CNC(=O)CC(C)C1CCCNC1)N1CCOCC1. The van der Waals surface area contributed by atoms with Crippen LogP contribution in [0.1, 0.15) is 52.9 Å². The molecule has 3 atom stereocenters. The zero-order valence-corrected chi connectivity index (χ0v) is 16.6. The lowest BCUT2D eigenvalue weighted by Gasteiger charge is -2.39. The summed E-state index contributed by atoms with van der Waals surface area (Å²) < 4.78 is 5.51. The Labute approximate surface area is 154 Å². The number of hydrogen-bond acceptors (Lipinski definition) is 4. The van der Waals surface area contributed by atoms with Crippen molar-refractivity contribution in [1.82, 2.24) is 15.5 Å². The third-order valence-corrected chi connectivity index (χ3v) is 6.26. The van der Waals surface area contributed by atoms with E-state index in [0.29, 0.717) is 30.2 Å². The molecule has 0 aromatic carbocycles. The van der Waals surface area contributed by atoms with E-state index in [0.717, 1.165) is 45.9 Å². The topological polar surface area (TPSA) is 53.6 Å². The van der Waals surface area contributed by atoms with Crippen LogP contribution < -0.4 is 10.6 Å². The highest BCUT2D eigenvalue weighted by molar-refractivity contribution is 5.76. The van der Waals surface area contributed by atoms with Gasteiger partial charge >= 0.3 is 0 Å². The number of rotatable bonds is 9. The Bertz CT molecular complexity index is 375. The van der Waals surface area contributed by atoms with E-state index < -0.39 is 0 Å². The maximum absolute atomic E-state index is 12.5. The Morgan fingerprint density at radius 1 is 1.28 bits per heavy atom. The summed E-state index contributed by atoms with van der Waals surface area (Å²) in [5, 5.41) is 6.72. The fourth-order valence-electron chi connectivity index (χ4n) is 4.45. The van der Waals surface area contributed by atoms with Gasteiger partial charge in [-0.15, -0.1) is 0 Å². The van der Waals surface area contributed by atoms with Crippen LogP contribution in [0, 0.1) is 17.8 Å². The van der Waals surface area contributed by atoms with E-state index in [1.54, 1.807) is 0 Å². The van der Waals surface area contributed by atoms with Crippen LogP contribution in [0.2, 0.25) is 0 Å². The Hall–Kier alpha value is -0.650. The number of piperidine rings is 1. The van der Waals surface area contributed by atoms with Crippen LogP contribution >= 0.6 is 0 Å². The van der Waals surface area contributed by atoms with Crippen molar-refractivity contribution in [3.05, 3.63) is 0 Å². The van der Waals surface area contributed by atoms with Gasteiger partial charge in [-0.1, -0.05) is 33.6 Å². The minimum Gasteiger partial charge on any atom is -0.379 e. The van der Waals surface area contributed by atoms with Gasteiger partial charge in [-0.2, -0.15) is 0 Å². The molecule has 0 spiro atoms. The fraction of sp³-hybridized carbons (Fsp3) is 0.950. The lowest BCUT2D eigenvalue weighted by atomic mass is 9.85. The van der Waals surface area contributed by atoms with Crippen molar-refractivity contribution >= 4 is 5.91 Å². The molecule has 5 nitrogen and oxygen atoms in total. The molecule has 2 fully saturated rings. The van der Waals surface area contributed by atoms with E-state index in [-0.39, 0.29) is 5.91 Å². The lowest BCUT2D eigenvalue weighted by molar-refractivity contribution is -0.122. The second-order valence-corrected chi connectivity index (χ2v) is 7.88. The molecule has 3 unspecified atom stereocenters. The highest BCUT2D eigenvalue weighted by Gasteiger charge is 2.28. The summed E-state index contributed by atoms with van der Waals surface area (Å²) in [6.45, 7) is 13.3. The summed E-state index contributed by atoms with van der Waals surface area (Å²) in [6.07, 6.45) is 5.48. The molecule has 146 valence electrons. The van der Waals surface area contributed by atoms with Crippen molar-refractivity contribution in [2.75, 3.05) is 45.9 Å². The number of ether oxygens (including phenoxy) is 1. The number of amides is 1. The van der Waals surface area contributed by atoms with Gasteiger partial charge in [0.25, 0.3) is 0 Å². The van der Waals surface area contributed by atoms with Gasteiger partial charge in [0.1, 0.15) is 0 Å². The van der Waals surface area contributed by atoms with Gasteiger partial charge < -0.3 is 15.4 Å². The van der Waals surface area contributed by atoms with Gasteiger partial charge in [0, 0.05) is 32.1 Å². The number of carbonyl (C=O) groups excluding carboxylic acids is 1. The van der Waals surface area contributed by atoms with Crippen molar-refractivity contribution in [1.29, 1.82) is 0 Å². The second-order valence-electron chi connectivity index (χ2n) is 7.88. The zero-order chi connectivity index (χ0) is 18.1. The molecule has 2 aliphatic rings. The average Bonchev–Trinajstić information content (AvgIpc) is 2.66. The normalized spacial score (nSPS) is 24.9. The van der Waals surface area contributed by atoms with Crippen molar-refractivity contribution in [3.8, 4) is 0 Å². The second kappa shape index (κ2) is 11.1. The fourth-order valence-corrected chi connectivity index (χ4v) is 4.45. The summed E-state index contributed by atoms with van der Waals surface area (Å²) in [5.74, 6) is 1.97. The Morgan fingerprint density at radius 2 is 2.00 bits per heavy atom. The van der Waals surface area contributed by atoms with Crippen molar-refractivity contribution in [3.63, 3.8) is 0 Å². The minimum absolute atomic E-state index is 0.224. The van der Waals surface area contributed by atoms with Crippen LogP contribution in [-0.4, -0.2) is 62.8 Å². The molecule has 0 saturated carbocycles. The van der Waals surface area contributed by atoms with Crippen molar-refractivity contribution < 1.29 is 9.53 Å². The molecule has 0 aromatic rings. The Morgan fingerprint density at radius 3 is 2.60 bits per heavy atom. The number of hydrogen-bond donors (Lipinski definition) is 2. The molecule has 2 rings (SSSR count). The van der Waals surface area contributed by atoms with Crippen LogP contribution in [0.25, 0.3) is 0 Å². The van der Waals surface area contributed by atoms with E-state index in [1.165, 1.54) is 25.7 Å². The first kappa shape index (κ1) is 20.7. The maximum Gasteiger partial charge on any atom is 0.220 e. The van der Waals surface area contributed by atoms with E-state index in [9.17, 15) is 4.79 Å². The number of morpholine rings is 1. The van der Waals surface area contributed by atoms with Gasteiger partial charge in [0.15, 0.2) is 0 Å². The summed E-state index contributed by atoms with van der Waals surface area (Å²) >= 11 is 0. The smallest absolute Gasteiger partial charge is 0.220 e. The first-order valence-electron chi connectivity index (χ1n) is 10.4. The summed E-state index contributed by atoms with van der Waals surface area (Å²) in [4.78, 5) is 15.0. The molecule has 2 saturated heterocycles. The summed E-state index contributed by atoms with van der Waals surface area (Å²) in [6, 6.07) is 0.439. The summed E-state index contributed by atoms with van der Waals surface area (Å²) in [5.41, 5.74) is 0. The molecule has 0 aliphatic carbocycles. The molecular formula is C20H39N3O2. The zero-order valence-electron chi connectivity index (χ0n) is 16.6. The molecule has 0 bridgehead atoms. The molecule has 1 amide bonds. The first-order valence-corrected chi connectivity index (χ1v) is 10.4. The Balaban J connectivity index is 1.82. The highest BCUT2D eigenvalue weighted by atomic mass is 16.5. The first-order chi connectivity index (χ1) is 12.2. The van der Waals surface area contributed by atoms with E-state index in [2.05, 4.69) is 36.3 Å². The van der Waals surface area contributed by atoms with Gasteiger partial charge in [-0.3, -0.25) is 9.69 Å². The quantitative estimate of drug-likeness (QED) is 0.668. The maximum atomic E-state index is 12.5. The standard InChI is InChI=1S/C20H39N3O2/c1-4-17(5-2)19(23-9-11-25-12-10-23)15-22-20(24)13-16(3)18-7-6-8-21-14-18/h16-19,21H,4-15H2,1-3H3,(H,22,24). The van der Waals surface area contributed by atoms with Gasteiger partial charge in [-0.05, 0) is 43.7 Å². The molecule has 0 aromatic heterocycles. The number of nitrogens with zero attached hydrogens (tertiary/aromatic N) is 1. The monoisotopic (exact) mass is 353 g/mol. The molecule has 0 radical (unpaired) electrons. The summed E-state index contributed by atoms with van der Waals surface area (Å²) in [7, 11) is 0. The molecule has 5 heteroatoms. The van der Waals surface area contributed by atoms with Gasteiger partial charge in [0.05, 0.1) is 13.2 Å². The largest absolute Gasteiger partial charge is 0.379 e. The molecule has 25 heavy (non-hydrogen) atoms. The molecule has 2 aliphatic heterocycles.